The molecule has 0 aliphatic heterocycles. The lowest BCUT2D eigenvalue weighted by atomic mass is 10.2. The first-order chi connectivity index (χ1) is 9.44. The minimum atomic E-state index is -0.773. The van der Waals surface area contributed by atoms with Crippen molar-refractivity contribution in [2.24, 2.45) is 0 Å². The van der Waals surface area contributed by atoms with E-state index in [4.69, 9.17) is 19.4 Å². The van der Waals surface area contributed by atoms with Crippen molar-refractivity contribution < 1.29 is 18.9 Å². The topological polar surface area (TPSA) is 88.6 Å². The van der Waals surface area contributed by atoms with Gasteiger partial charge in [-0.3, -0.25) is 4.84 Å². The third kappa shape index (κ3) is 4.76. The van der Waals surface area contributed by atoms with E-state index in [2.05, 4.69) is 5.16 Å². The average Bonchev–Trinajstić information content (AvgIpc) is 2.63. The van der Waals surface area contributed by atoms with Crippen molar-refractivity contribution in [2.75, 3.05) is 5.06 Å². The molecule has 116 valence electrons. The summed E-state index contributed by atoms with van der Waals surface area (Å²) in [6, 6.07) is 1.94. The molecule has 0 atom stereocenters. The Labute approximate surface area is 124 Å². The Balaban J connectivity index is 3.20. The van der Waals surface area contributed by atoms with Crippen molar-refractivity contribution in [3.63, 3.8) is 0 Å². The maximum Gasteiger partial charge on any atom is 0.442 e. The number of carbonyl (C=O) groups is 1. The molecule has 1 heterocycles. The van der Waals surface area contributed by atoms with Crippen LogP contribution in [0.1, 0.15) is 52.8 Å². The van der Waals surface area contributed by atoms with Gasteiger partial charge in [-0.05, 0) is 48.5 Å². The summed E-state index contributed by atoms with van der Waals surface area (Å²) < 4.78 is 10.3. The summed E-state index contributed by atoms with van der Waals surface area (Å²) in [6.45, 7) is 12.1. The second-order valence-electron chi connectivity index (χ2n) is 6.54. The Morgan fingerprint density at radius 1 is 1.24 bits per heavy atom. The van der Waals surface area contributed by atoms with E-state index < -0.39 is 17.3 Å². The summed E-state index contributed by atoms with van der Waals surface area (Å²) in [7, 11) is 0. The number of amides is 1. The molecule has 1 aromatic heterocycles. The minimum Gasteiger partial charge on any atom is -0.442 e. The fraction of sp³-hybridized carbons (Fsp3) is 0.643. The fourth-order valence-electron chi connectivity index (χ4n) is 1.36. The normalized spacial score (nSPS) is 11.9. The second-order valence-corrected chi connectivity index (χ2v) is 6.54. The summed E-state index contributed by atoms with van der Waals surface area (Å²) in [6.07, 6.45) is -0.773. The molecule has 0 spiro atoms. The first-order valence-corrected chi connectivity index (χ1v) is 6.53. The molecule has 0 saturated carbocycles. The molecule has 0 N–H and O–H groups in total. The molecule has 1 amide bonds. The van der Waals surface area contributed by atoms with Crippen LogP contribution in [0.4, 0.5) is 10.7 Å². The van der Waals surface area contributed by atoms with Gasteiger partial charge in [0.1, 0.15) is 22.9 Å². The van der Waals surface area contributed by atoms with Crippen LogP contribution in [0, 0.1) is 18.3 Å². The Kier molecular flexibility index (Phi) is 4.64. The van der Waals surface area contributed by atoms with Gasteiger partial charge < -0.3 is 9.26 Å². The number of anilines is 1. The smallest absolute Gasteiger partial charge is 0.442 e. The molecule has 0 fully saturated rings. The summed E-state index contributed by atoms with van der Waals surface area (Å²) in [5.74, 6) is -0.0841. The highest BCUT2D eigenvalue weighted by Gasteiger charge is 2.33. The molecule has 0 unspecified atom stereocenters. The number of carbonyl (C=O) groups excluding carboxylic acids is 1. The molecule has 0 aliphatic carbocycles. The number of nitriles is 1. The Morgan fingerprint density at radius 2 is 1.81 bits per heavy atom. The number of aromatic nitrogens is 1. The monoisotopic (exact) mass is 295 g/mol. The first-order valence-electron chi connectivity index (χ1n) is 6.53. The average molecular weight is 295 g/mol. The van der Waals surface area contributed by atoms with E-state index in [0.717, 1.165) is 5.06 Å². The van der Waals surface area contributed by atoms with E-state index in [1.807, 2.05) is 6.07 Å². The number of ether oxygens (including phenoxy) is 1. The van der Waals surface area contributed by atoms with E-state index in [1.54, 1.807) is 48.5 Å². The third-order valence-corrected chi connectivity index (χ3v) is 2.07. The van der Waals surface area contributed by atoms with Gasteiger partial charge in [-0.15, -0.1) is 5.06 Å². The second kappa shape index (κ2) is 5.74. The quantitative estimate of drug-likeness (QED) is 0.777. The molecule has 0 saturated heterocycles. The molecular formula is C14H21N3O4. The van der Waals surface area contributed by atoms with Crippen molar-refractivity contribution >= 4 is 12.0 Å². The van der Waals surface area contributed by atoms with Gasteiger partial charge in [0.15, 0.2) is 0 Å². The number of nitrogens with zero attached hydrogens (tertiary/aromatic N) is 3. The molecule has 0 radical (unpaired) electrons. The summed E-state index contributed by atoms with van der Waals surface area (Å²) in [4.78, 5) is 17.9. The predicted molar refractivity (Wildman–Crippen MR) is 75.5 cm³/mol. The van der Waals surface area contributed by atoms with Crippen molar-refractivity contribution in [1.82, 2.24) is 5.16 Å². The van der Waals surface area contributed by atoms with Gasteiger partial charge in [0.25, 0.3) is 5.88 Å². The zero-order valence-electron chi connectivity index (χ0n) is 13.5. The van der Waals surface area contributed by atoms with Crippen LogP contribution in [0.2, 0.25) is 0 Å². The van der Waals surface area contributed by atoms with E-state index in [0.29, 0.717) is 5.69 Å². The molecule has 0 aromatic carbocycles. The maximum atomic E-state index is 12.3. The lowest BCUT2D eigenvalue weighted by Gasteiger charge is -2.29. The molecular weight excluding hydrogens is 274 g/mol. The van der Waals surface area contributed by atoms with Gasteiger partial charge in [-0.1, -0.05) is 5.16 Å². The van der Waals surface area contributed by atoms with Crippen molar-refractivity contribution in [3.05, 3.63) is 11.3 Å². The highest BCUT2D eigenvalue weighted by Crippen LogP contribution is 2.27. The molecule has 1 aromatic rings. The lowest BCUT2D eigenvalue weighted by molar-refractivity contribution is -0.0404. The van der Waals surface area contributed by atoms with Crippen LogP contribution in [0.5, 0.6) is 0 Å². The van der Waals surface area contributed by atoms with E-state index in [1.165, 1.54) is 0 Å². The van der Waals surface area contributed by atoms with Crippen molar-refractivity contribution in [2.45, 2.75) is 59.7 Å². The third-order valence-electron chi connectivity index (χ3n) is 2.07. The van der Waals surface area contributed by atoms with Crippen LogP contribution in [-0.2, 0) is 9.57 Å². The number of hydroxylamine groups is 1. The van der Waals surface area contributed by atoms with E-state index in [-0.39, 0.29) is 11.4 Å². The number of aryl methyl sites for hydroxylation is 1. The predicted octanol–water partition coefficient (Wildman–Crippen LogP) is 3.33. The lowest BCUT2D eigenvalue weighted by Crippen LogP contribution is -2.42. The Hall–Kier alpha value is -2.07. The largest absolute Gasteiger partial charge is 0.442 e. The molecule has 1 rings (SSSR count). The summed E-state index contributed by atoms with van der Waals surface area (Å²) >= 11 is 0. The SMILES string of the molecule is Cc1noc(N(OC(C)(C)C)C(=O)OC(C)(C)C)c1C#N. The molecule has 0 bridgehead atoms. The highest BCUT2D eigenvalue weighted by molar-refractivity contribution is 5.85. The number of hydrogen-bond acceptors (Lipinski definition) is 6. The summed E-state index contributed by atoms with van der Waals surface area (Å²) in [5, 5.41) is 13.7. The van der Waals surface area contributed by atoms with Crippen molar-refractivity contribution in [1.29, 1.82) is 5.26 Å². The maximum absolute atomic E-state index is 12.3. The van der Waals surface area contributed by atoms with Gasteiger partial charge >= 0.3 is 6.09 Å². The number of hydrogen-bond donors (Lipinski definition) is 0. The van der Waals surface area contributed by atoms with Crippen LogP contribution in [0.3, 0.4) is 0 Å². The van der Waals surface area contributed by atoms with Gasteiger partial charge in [-0.25, -0.2) is 4.79 Å². The first kappa shape index (κ1) is 17.0. The van der Waals surface area contributed by atoms with Gasteiger partial charge in [-0.2, -0.15) is 5.26 Å². The molecule has 0 aliphatic rings. The van der Waals surface area contributed by atoms with Crippen LogP contribution in [0.15, 0.2) is 4.52 Å². The van der Waals surface area contributed by atoms with Crippen molar-refractivity contribution in [3.8, 4) is 6.07 Å². The van der Waals surface area contributed by atoms with Gasteiger partial charge in [0.2, 0.25) is 0 Å². The number of rotatable bonds is 2. The van der Waals surface area contributed by atoms with Gasteiger partial charge in [0, 0.05) is 0 Å². The minimum absolute atomic E-state index is 0.0841. The Morgan fingerprint density at radius 3 is 2.24 bits per heavy atom. The molecule has 21 heavy (non-hydrogen) atoms. The highest BCUT2D eigenvalue weighted by atomic mass is 16.8. The van der Waals surface area contributed by atoms with Crippen LogP contribution in [-0.4, -0.2) is 22.5 Å². The van der Waals surface area contributed by atoms with E-state index >= 15 is 0 Å². The standard InChI is InChI=1S/C14H21N3O4/c1-9-10(8-15)11(20-16-9)17(21-14(5,6)7)12(18)19-13(2,3)4/h1-7H3. The summed E-state index contributed by atoms with van der Waals surface area (Å²) in [5.41, 5.74) is -0.897. The zero-order valence-corrected chi connectivity index (χ0v) is 13.5. The van der Waals surface area contributed by atoms with E-state index in [9.17, 15) is 4.79 Å². The Bertz CT molecular complexity index is 558. The van der Waals surface area contributed by atoms with Crippen LogP contribution in [0.25, 0.3) is 0 Å². The molecule has 7 heteroatoms. The molecule has 7 nitrogen and oxygen atoms in total. The van der Waals surface area contributed by atoms with Crippen LogP contribution >= 0.6 is 0 Å². The van der Waals surface area contributed by atoms with Crippen LogP contribution < -0.4 is 5.06 Å². The fourth-order valence-corrected chi connectivity index (χ4v) is 1.36. The zero-order chi connectivity index (χ0) is 16.4. The van der Waals surface area contributed by atoms with Gasteiger partial charge in [0.05, 0.1) is 5.60 Å².